The van der Waals surface area contributed by atoms with Gasteiger partial charge < -0.3 is 23.8 Å². The summed E-state index contributed by atoms with van der Waals surface area (Å²) in [5.74, 6) is 1.80. The quantitative estimate of drug-likeness (QED) is 0.415. The number of ether oxygens (including phenoxy) is 3. The van der Waals surface area contributed by atoms with Gasteiger partial charge in [0.2, 0.25) is 0 Å². The fraction of sp³-hybridized carbons (Fsp3) is 0.636. The zero-order chi connectivity index (χ0) is 28.4. The lowest BCUT2D eigenvalue weighted by Crippen LogP contribution is -2.83. The number of quaternary nitrogens is 1. The number of likely N-dealkylation sites (tertiary alicyclic amines) is 1. The number of benzene rings is 2. The minimum Gasteiger partial charge on any atom is -0.504 e. The third-order valence-electron chi connectivity index (χ3n) is 12.4. The number of aromatic hydroxyl groups is 1. The van der Waals surface area contributed by atoms with E-state index in [0.29, 0.717) is 18.4 Å². The molecule has 1 unspecified atom stereocenters. The molecule has 1 saturated heterocycles. The number of alkyl halides is 3. The Morgan fingerprint density at radius 3 is 2.56 bits per heavy atom. The van der Waals surface area contributed by atoms with Crippen LogP contribution >= 0.6 is 0 Å². The van der Waals surface area contributed by atoms with Crippen LogP contribution in [0, 0.1) is 17.3 Å². The van der Waals surface area contributed by atoms with E-state index in [1.165, 1.54) is 42.6 Å². The molecule has 5 nitrogen and oxygen atoms in total. The molecule has 2 aliphatic heterocycles. The maximum atomic E-state index is 13.0. The SMILES string of the molecule is CO[C@]12CC[C@@]3(C[C@@H]1COCc1ccc(C(F)(F)F)cc1)[C@H]1Cc4ccc(O)c5c4[C@@]3(CC[N+]1(C)CC1CC1)[C@H]2O5. The van der Waals surface area contributed by atoms with Crippen LogP contribution in [0.3, 0.4) is 0 Å². The Kier molecular flexibility index (Phi) is 5.41. The van der Waals surface area contributed by atoms with Gasteiger partial charge in [-0.25, -0.2) is 0 Å². The van der Waals surface area contributed by atoms with Gasteiger partial charge in [0.25, 0.3) is 0 Å². The number of fused-ring (bicyclic) bond motifs is 2. The highest BCUT2D eigenvalue weighted by Gasteiger charge is 2.83. The van der Waals surface area contributed by atoms with Crippen molar-refractivity contribution in [2.45, 2.75) is 80.9 Å². The van der Waals surface area contributed by atoms with Gasteiger partial charge in [0.05, 0.1) is 50.4 Å². The number of piperidine rings is 1. The van der Waals surface area contributed by atoms with Crippen LogP contribution in [0.15, 0.2) is 36.4 Å². The molecule has 0 amide bonds. The van der Waals surface area contributed by atoms with Crippen molar-refractivity contribution in [2.24, 2.45) is 17.3 Å². The monoisotopic (exact) mass is 570 g/mol. The second-order valence-electron chi connectivity index (χ2n) is 14.1. The number of nitrogens with zero attached hydrogens (tertiary/aromatic N) is 1. The highest BCUT2D eigenvalue weighted by Crippen LogP contribution is 2.77. The van der Waals surface area contributed by atoms with Crippen molar-refractivity contribution in [1.29, 1.82) is 0 Å². The lowest BCUT2D eigenvalue weighted by atomic mass is 9.34. The first-order valence-electron chi connectivity index (χ1n) is 15.2. The Balaban J connectivity index is 1.15. The molecular weight excluding hydrogens is 531 g/mol. The molecule has 7 aliphatic rings. The molecule has 4 saturated carbocycles. The molecule has 4 bridgehead atoms. The molecular formula is C33H39F3NO4+. The second-order valence-corrected chi connectivity index (χ2v) is 14.1. The molecule has 8 heteroatoms. The summed E-state index contributed by atoms with van der Waals surface area (Å²) in [6.45, 7) is 3.06. The lowest BCUT2D eigenvalue weighted by Gasteiger charge is -2.74. The fourth-order valence-electron chi connectivity index (χ4n) is 10.6. The van der Waals surface area contributed by atoms with E-state index in [2.05, 4.69) is 13.1 Å². The Hall–Kier alpha value is -2.29. The van der Waals surface area contributed by atoms with E-state index in [4.69, 9.17) is 14.2 Å². The third-order valence-corrected chi connectivity index (χ3v) is 12.4. The molecule has 0 aromatic heterocycles. The summed E-state index contributed by atoms with van der Waals surface area (Å²) in [5.41, 5.74) is 1.95. The van der Waals surface area contributed by atoms with Crippen LogP contribution in [0.1, 0.15) is 60.8 Å². The summed E-state index contributed by atoms with van der Waals surface area (Å²) in [4.78, 5) is 0. The normalized spacial score (nSPS) is 39.9. The molecule has 2 aromatic rings. The molecule has 41 heavy (non-hydrogen) atoms. The zero-order valence-corrected chi connectivity index (χ0v) is 23.8. The van der Waals surface area contributed by atoms with Crippen LogP contribution in [0.4, 0.5) is 13.2 Å². The van der Waals surface area contributed by atoms with E-state index in [-0.39, 0.29) is 35.2 Å². The first-order chi connectivity index (χ1) is 19.6. The van der Waals surface area contributed by atoms with Crippen LogP contribution in [0.5, 0.6) is 11.5 Å². The fourth-order valence-corrected chi connectivity index (χ4v) is 10.6. The molecule has 220 valence electrons. The molecule has 2 heterocycles. The number of hydrogen-bond acceptors (Lipinski definition) is 4. The minimum atomic E-state index is -4.35. The number of halogens is 3. The number of likely N-dealkylation sites (N-methyl/N-ethyl adjacent to an activating group) is 1. The Morgan fingerprint density at radius 1 is 1.07 bits per heavy atom. The molecule has 5 aliphatic carbocycles. The third kappa shape index (κ3) is 3.36. The first-order valence-corrected chi connectivity index (χ1v) is 15.2. The van der Waals surface area contributed by atoms with Crippen LogP contribution in [-0.4, -0.2) is 61.2 Å². The second kappa shape index (κ2) is 8.42. The summed E-state index contributed by atoms with van der Waals surface area (Å²) in [6.07, 6.45) is 3.11. The predicted molar refractivity (Wildman–Crippen MR) is 146 cm³/mol. The van der Waals surface area contributed by atoms with Gasteiger partial charge in [-0.3, -0.25) is 0 Å². The molecule has 0 radical (unpaired) electrons. The molecule has 2 aromatic carbocycles. The topological polar surface area (TPSA) is 47.9 Å². The molecule has 2 spiro atoms. The Bertz CT molecular complexity index is 1390. The van der Waals surface area contributed by atoms with Crippen LogP contribution in [-0.2, 0) is 34.1 Å². The van der Waals surface area contributed by atoms with Crippen molar-refractivity contribution in [1.82, 2.24) is 0 Å². The lowest BCUT2D eigenvalue weighted by molar-refractivity contribution is -0.952. The average molecular weight is 571 g/mol. The Labute approximate surface area is 239 Å². The maximum absolute atomic E-state index is 13.0. The van der Waals surface area contributed by atoms with Gasteiger partial charge in [-0.1, -0.05) is 18.2 Å². The van der Waals surface area contributed by atoms with Crippen molar-refractivity contribution in [3.63, 3.8) is 0 Å². The molecule has 5 fully saturated rings. The number of hydrogen-bond donors (Lipinski definition) is 1. The van der Waals surface area contributed by atoms with Crippen LogP contribution in [0.2, 0.25) is 0 Å². The summed E-state index contributed by atoms with van der Waals surface area (Å²) >= 11 is 0. The number of phenols is 1. The maximum Gasteiger partial charge on any atom is 0.416 e. The number of rotatable bonds is 7. The Morgan fingerprint density at radius 2 is 1.85 bits per heavy atom. The van der Waals surface area contributed by atoms with E-state index < -0.39 is 17.3 Å². The van der Waals surface area contributed by atoms with Gasteiger partial charge in [0, 0.05) is 42.8 Å². The molecule has 9 rings (SSSR count). The highest BCUT2D eigenvalue weighted by molar-refractivity contribution is 5.62. The zero-order valence-electron chi connectivity index (χ0n) is 23.8. The summed E-state index contributed by atoms with van der Waals surface area (Å²) in [5, 5.41) is 11.0. The van der Waals surface area contributed by atoms with Gasteiger partial charge in [0.1, 0.15) is 11.7 Å². The van der Waals surface area contributed by atoms with E-state index in [0.717, 1.165) is 66.7 Å². The van der Waals surface area contributed by atoms with Crippen molar-refractivity contribution in [3.05, 3.63) is 58.7 Å². The number of methoxy groups -OCH3 is 1. The van der Waals surface area contributed by atoms with Gasteiger partial charge in [-0.15, -0.1) is 0 Å². The van der Waals surface area contributed by atoms with E-state index in [1.807, 2.05) is 6.07 Å². The van der Waals surface area contributed by atoms with Gasteiger partial charge >= 0.3 is 6.18 Å². The van der Waals surface area contributed by atoms with Crippen LogP contribution < -0.4 is 4.74 Å². The summed E-state index contributed by atoms with van der Waals surface area (Å²) in [7, 11) is 4.28. The van der Waals surface area contributed by atoms with Gasteiger partial charge in [-0.05, 0) is 61.4 Å². The van der Waals surface area contributed by atoms with E-state index in [1.54, 1.807) is 7.11 Å². The minimum absolute atomic E-state index is 0.0221. The predicted octanol–water partition coefficient (Wildman–Crippen LogP) is 6.00. The first kappa shape index (κ1) is 26.3. The van der Waals surface area contributed by atoms with E-state index >= 15 is 0 Å². The van der Waals surface area contributed by atoms with Crippen LogP contribution in [0.25, 0.3) is 0 Å². The van der Waals surface area contributed by atoms with Gasteiger partial charge in [0.15, 0.2) is 11.5 Å². The molecule has 7 atom stereocenters. The molecule has 1 N–H and O–H groups in total. The van der Waals surface area contributed by atoms with Gasteiger partial charge in [-0.2, -0.15) is 13.2 Å². The van der Waals surface area contributed by atoms with Crippen molar-refractivity contribution in [2.75, 3.05) is 33.9 Å². The summed E-state index contributed by atoms with van der Waals surface area (Å²) in [6, 6.07) is 9.67. The number of phenolic OH excluding ortho intramolecular Hbond substituents is 1. The highest BCUT2D eigenvalue weighted by atomic mass is 19.4. The average Bonchev–Trinajstić information content (AvgIpc) is 3.67. The van der Waals surface area contributed by atoms with Crippen molar-refractivity contribution in [3.8, 4) is 11.5 Å². The standard InChI is InChI=1S/C33H38F3NO4/c1-37(17-20-3-4-20)14-13-31-27-22-7-10-25(38)28(27)41-29(31)32(39-2)12-11-30(31,26(37)15-22)16-24(32)19-40-18-21-5-8-23(9-6-21)33(34,35)36/h5-10,20,24,26,29H,3-4,11-19H2,1-2H3/p+1/t24-,26-,29-,30-,31+,32-,37?/m1/s1. The van der Waals surface area contributed by atoms with Crippen molar-refractivity contribution >= 4 is 0 Å². The summed E-state index contributed by atoms with van der Waals surface area (Å²) < 4.78 is 59.9. The largest absolute Gasteiger partial charge is 0.504 e. The van der Waals surface area contributed by atoms with Crippen molar-refractivity contribution < 1.29 is 37.0 Å². The smallest absolute Gasteiger partial charge is 0.416 e. The van der Waals surface area contributed by atoms with E-state index in [9.17, 15) is 18.3 Å².